The Hall–Kier alpha value is -4.84. The Morgan fingerprint density at radius 3 is 1.30 bits per heavy atom. The van der Waals surface area contributed by atoms with Crippen molar-refractivity contribution in [3.63, 3.8) is 0 Å². The Labute approximate surface area is 384 Å². The molecule has 64 heavy (non-hydrogen) atoms. The van der Waals surface area contributed by atoms with Gasteiger partial charge in [-0.25, -0.2) is 9.59 Å². The van der Waals surface area contributed by atoms with Crippen molar-refractivity contribution in [2.75, 3.05) is 62.3 Å². The Bertz CT molecular complexity index is 2050. The third-order valence-corrected chi connectivity index (χ3v) is 15.2. The van der Waals surface area contributed by atoms with E-state index in [9.17, 15) is 0 Å². The number of rotatable bonds is 8. The second kappa shape index (κ2) is 21.0. The Morgan fingerprint density at radius 2 is 0.922 bits per heavy atom. The van der Waals surface area contributed by atoms with E-state index in [1.165, 1.54) is 46.8 Å². The molecular formula is C48H60N6O8S2. The summed E-state index contributed by atoms with van der Waals surface area (Å²) in [7, 11) is 0. The molecule has 2 saturated heterocycles. The van der Waals surface area contributed by atoms with Gasteiger partial charge in [0.25, 0.3) is 0 Å². The number of ether oxygens (including phenoxy) is 4. The molecule has 6 unspecified atom stereocenters. The lowest BCUT2D eigenvalue weighted by Gasteiger charge is -2.41. The van der Waals surface area contributed by atoms with Crippen molar-refractivity contribution >= 4 is 46.8 Å². The molecule has 6 atom stereocenters. The highest BCUT2D eigenvalue weighted by Crippen LogP contribution is 2.46. The summed E-state index contributed by atoms with van der Waals surface area (Å²) >= 11 is 3.55. The number of aliphatic carboxylic acids is 2. The van der Waals surface area contributed by atoms with Gasteiger partial charge < -0.3 is 50.4 Å². The summed E-state index contributed by atoms with van der Waals surface area (Å²) in [6.45, 7) is 12.2. The normalized spacial score (nSPS) is 23.9. The van der Waals surface area contributed by atoms with Crippen molar-refractivity contribution in [3.8, 4) is 23.0 Å². The minimum Gasteiger partial charge on any atom is -0.486 e. The molecule has 0 amide bonds. The average molecular weight is 913 g/mol. The molecule has 2 fully saturated rings. The number of hydrogen-bond acceptors (Lipinski definition) is 14. The standard InChI is InChI=1S/2C23H29N3O2S.C2H2O4/c2*1-16(26-19-6-2-5-9-22(19)29-23(26)24)17-10-12-25(13-11-17)14-18-15-27-20-7-3-4-8-21(20)28-18;3-1(4)2(5)6/h2*2-9,16-18,23H,10-15,24H2,1H3;(H,3,4)(H,5,6). The maximum Gasteiger partial charge on any atom is 0.414 e. The summed E-state index contributed by atoms with van der Waals surface area (Å²) in [6, 6.07) is 34.0. The summed E-state index contributed by atoms with van der Waals surface area (Å²) in [5.74, 6) is 1.12. The van der Waals surface area contributed by atoms with Gasteiger partial charge in [-0.3, -0.25) is 9.80 Å². The van der Waals surface area contributed by atoms with E-state index in [-0.39, 0.29) is 23.2 Å². The first-order chi connectivity index (χ1) is 31.0. The minimum atomic E-state index is -1.82. The first kappa shape index (κ1) is 45.7. The summed E-state index contributed by atoms with van der Waals surface area (Å²) in [5, 5.41) is 14.8. The van der Waals surface area contributed by atoms with Crippen LogP contribution in [0.3, 0.4) is 0 Å². The van der Waals surface area contributed by atoms with E-state index in [2.05, 4.69) is 82.0 Å². The minimum absolute atomic E-state index is 0.0216. The van der Waals surface area contributed by atoms with E-state index < -0.39 is 11.9 Å². The van der Waals surface area contributed by atoms with Crippen molar-refractivity contribution in [1.29, 1.82) is 0 Å². The number of hydrogen-bond donors (Lipinski definition) is 4. The van der Waals surface area contributed by atoms with Crippen LogP contribution in [0.2, 0.25) is 0 Å². The molecule has 342 valence electrons. The fraction of sp³-hybridized carbons (Fsp3) is 0.458. The van der Waals surface area contributed by atoms with E-state index in [0.717, 1.165) is 62.3 Å². The van der Waals surface area contributed by atoms with Crippen LogP contribution in [0.4, 0.5) is 11.4 Å². The molecule has 0 saturated carbocycles. The summed E-state index contributed by atoms with van der Waals surface area (Å²) in [5.41, 5.74) is 15.6. The van der Waals surface area contributed by atoms with Gasteiger partial charge in [0.15, 0.2) is 23.0 Å². The van der Waals surface area contributed by atoms with Crippen LogP contribution in [-0.4, -0.2) is 120 Å². The van der Waals surface area contributed by atoms with E-state index >= 15 is 0 Å². The number of nitrogens with zero attached hydrogens (tertiary/aromatic N) is 4. The number of para-hydroxylation sites is 6. The van der Waals surface area contributed by atoms with Gasteiger partial charge in [0.05, 0.1) is 11.4 Å². The molecular weight excluding hydrogens is 853 g/mol. The lowest BCUT2D eigenvalue weighted by atomic mass is 9.89. The van der Waals surface area contributed by atoms with Gasteiger partial charge in [0.2, 0.25) is 0 Å². The molecule has 4 aromatic rings. The monoisotopic (exact) mass is 912 g/mol. The first-order valence-corrected chi connectivity index (χ1v) is 24.1. The molecule has 10 rings (SSSR count). The van der Waals surface area contributed by atoms with Gasteiger partial charge in [-0.15, -0.1) is 0 Å². The topological polar surface area (TPSA) is 177 Å². The number of fused-ring (bicyclic) bond motifs is 4. The van der Waals surface area contributed by atoms with Gasteiger partial charge in [-0.2, -0.15) is 0 Å². The SMILES string of the molecule is CC(C1CCN(CC2COc3ccccc3O2)CC1)N1c2ccccc2SC1N.CC(C1CCN(CC2COc3ccccc3O2)CC1)N1c2ccccc2SC1N.O=C(O)C(=O)O. The molecule has 0 bridgehead atoms. The van der Waals surface area contributed by atoms with Crippen molar-refractivity contribution in [3.05, 3.63) is 97.1 Å². The Balaban J connectivity index is 0.000000156. The fourth-order valence-electron chi connectivity index (χ4n) is 9.66. The van der Waals surface area contributed by atoms with E-state index in [1.54, 1.807) is 23.5 Å². The molecule has 6 aliphatic heterocycles. The first-order valence-electron chi connectivity index (χ1n) is 22.3. The van der Waals surface area contributed by atoms with E-state index in [1.807, 2.05) is 48.5 Å². The maximum absolute atomic E-state index is 9.10. The Morgan fingerprint density at radius 1 is 0.578 bits per heavy atom. The second-order valence-corrected chi connectivity index (χ2v) is 19.4. The fourth-order valence-corrected chi connectivity index (χ4v) is 11.9. The molecule has 0 radical (unpaired) electrons. The molecule has 16 heteroatoms. The number of carbonyl (C=O) groups is 2. The predicted molar refractivity (Wildman–Crippen MR) is 251 cm³/mol. The summed E-state index contributed by atoms with van der Waals surface area (Å²) in [4.78, 5) is 30.7. The van der Waals surface area contributed by atoms with Crippen LogP contribution in [0.1, 0.15) is 39.5 Å². The average Bonchev–Trinajstić information content (AvgIpc) is 3.84. The van der Waals surface area contributed by atoms with Gasteiger partial charge >= 0.3 is 11.9 Å². The number of nitrogens with two attached hydrogens (primary N) is 2. The number of benzene rings is 4. The summed E-state index contributed by atoms with van der Waals surface area (Å²) < 4.78 is 24.0. The molecule has 6 N–H and O–H groups in total. The molecule has 0 aliphatic carbocycles. The van der Waals surface area contributed by atoms with Crippen LogP contribution in [0.15, 0.2) is 107 Å². The number of likely N-dealkylation sites (tertiary alicyclic amines) is 2. The van der Waals surface area contributed by atoms with Gasteiger partial charge in [0, 0.05) is 35.0 Å². The second-order valence-electron chi connectivity index (χ2n) is 17.1. The van der Waals surface area contributed by atoms with Crippen molar-refractivity contribution < 1.29 is 38.7 Å². The van der Waals surface area contributed by atoms with Crippen LogP contribution in [0.25, 0.3) is 0 Å². The Kier molecular flexibility index (Phi) is 15.0. The largest absolute Gasteiger partial charge is 0.486 e. The molecule has 6 heterocycles. The number of carboxylic acids is 2. The number of anilines is 2. The third kappa shape index (κ3) is 10.8. The molecule has 0 aromatic heterocycles. The molecule has 6 aliphatic rings. The van der Waals surface area contributed by atoms with Gasteiger partial charge in [-0.05, 0) is 126 Å². The molecule has 0 spiro atoms. The van der Waals surface area contributed by atoms with Crippen molar-refractivity contribution in [2.45, 2.75) is 84.6 Å². The van der Waals surface area contributed by atoms with Crippen LogP contribution >= 0.6 is 23.5 Å². The van der Waals surface area contributed by atoms with Crippen LogP contribution in [0, 0.1) is 11.8 Å². The highest BCUT2D eigenvalue weighted by atomic mass is 32.2. The highest BCUT2D eigenvalue weighted by molar-refractivity contribution is 8.00. The summed E-state index contributed by atoms with van der Waals surface area (Å²) in [6.07, 6.45) is 4.99. The van der Waals surface area contributed by atoms with E-state index in [0.29, 0.717) is 37.1 Å². The van der Waals surface area contributed by atoms with Crippen LogP contribution in [0.5, 0.6) is 23.0 Å². The lowest BCUT2D eigenvalue weighted by Crippen LogP contribution is -2.50. The highest BCUT2D eigenvalue weighted by Gasteiger charge is 2.38. The lowest BCUT2D eigenvalue weighted by molar-refractivity contribution is -0.159. The zero-order chi connectivity index (χ0) is 44.7. The number of thioether (sulfide) groups is 2. The maximum atomic E-state index is 9.10. The molecule has 4 aromatic carbocycles. The van der Waals surface area contributed by atoms with Gasteiger partial charge in [0.1, 0.15) is 36.4 Å². The van der Waals surface area contributed by atoms with Crippen LogP contribution in [-0.2, 0) is 9.59 Å². The third-order valence-electron chi connectivity index (χ3n) is 13.1. The number of carboxylic acid groups (broad SMARTS) is 2. The van der Waals surface area contributed by atoms with Gasteiger partial charge in [-0.1, -0.05) is 72.1 Å². The zero-order valence-corrected chi connectivity index (χ0v) is 38.1. The molecule has 14 nitrogen and oxygen atoms in total. The quantitative estimate of drug-likeness (QED) is 0.137. The van der Waals surface area contributed by atoms with Crippen molar-refractivity contribution in [2.24, 2.45) is 23.3 Å². The predicted octanol–water partition coefficient (Wildman–Crippen LogP) is 6.72. The number of piperidine rings is 2. The zero-order valence-electron chi connectivity index (χ0n) is 36.4. The smallest absolute Gasteiger partial charge is 0.414 e. The van der Waals surface area contributed by atoms with E-state index in [4.69, 9.17) is 50.2 Å². The van der Waals surface area contributed by atoms with Crippen LogP contribution < -0.4 is 40.2 Å². The van der Waals surface area contributed by atoms with Crippen molar-refractivity contribution in [1.82, 2.24) is 9.80 Å².